The van der Waals surface area contributed by atoms with Crippen molar-refractivity contribution in [2.45, 2.75) is 19.8 Å². The van der Waals surface area contributed by atoms with Gasteiger partial charge in [-0.1, -0.05) is 48.5 Å². The predicted octanol–water partition coefficient (Wildman–Crippen LogP) is 6.56. The van der Waals surface area contributed by atoms with Crippen LogP contribution in [0.5, 0.6) is 11.5 Å². The minimum absolute atomic E-state index is 0.0577. The summed E-state index contributed by atoms with van der Waals surface area (Å²) in [5.74, 6) is -4.16. The van der Waals surface area contributed by atoms with Crippen LogP contribution in [0.25, 0.3) is 66.8 Å². The first kappa shape index (κ1) is 67.9. The van der Waals surface area contributed by atoms with Gasteiger partial charge in [0.25, 0.3) is 0 Å². The molecule has 24 heteroatoms. The average Bonchev–Trinajstić information content (AvgIpc) is 0.747. The Kier molecular flexibility index (Phi) is 19.2. The maximum absolute atomic E-state index is 14.2. The van der Waals surface area contributed by atoms with Crippen LogP contribution >= 0.6 is 0 Å². The molecule has 6 aliphatic heterocycles. The lowest BCUT2D eigenvalue weighted by Crippen LogP contribution is -2.53. The van der Waals surface area contributed by atoms with Gasteiger partial charge in [-0.15, -0.1) is 0 Å². The number of carbonyl (C=O) groups excluding carboxylic acids is 7. The summed E-state index contributed by atoms with van der Waals surface area (Å²) in [4.78, 5) is 99.2. The van der Waals surface area contributed by atoms with Gasteiger partial charge in [0.1, 0.15) is 80.1 Å². The number of ether oxygens (including phenoxy) is 5. The van der Waals surface area contributed by atoms with E-state index >= 15 is 0 Å². The number of hydrogen-bond donors (Lipinski definition) is 2. The van der Waals surface area contributed by atoms with Crippen molar-refractivity contribution in [3.05, 3.63) is 180 Å². The van der Waals surface area contributed by atoms with Crippen molar-refractivity contribution in [1.82, 2.24) is 9.15 Å². The number of anilines is 6. The third kappa shape index (κ3) is 13.9. The number of esters is 3. The van der Waals surface area contributed by atoms with Gasteiger partial charge in [-0.3, -0.25) is 24.0 Å². The molecule has 6 aromatic carbocycles. The van der Waals surface area contributed by atoms with Gasteiger partial charge in [0.05, 0.1) is 69.1 Å². The van der Waals surface area contributed by atoms with Crippen molar-refractivity contribution in [1.29, 1.82) is 0 Å². The first-order valence-corrected chi connectivity index (χ1v) is 34.2. The number of benzene rings is 8. The number of methoxy groups -OCH3 is 3. The molecule has 24 nitrogen and oxygen atoms in total. The van der Waals surface area contributed by atoms with Crippen LogP contribution in [0, 0.1) is 11.8 Å². The Labute approximate surface area is 591 Å². The lowest BCUT2D eigenvalue weighted by Gasteiger charge is -2.40. The average molecular weight is 1390 g/mol. The summed E-state index contributed by atoms with van der Waals surface area (Å²) in [7, 11) is 3.75. The molecule has 0 radical (unpaired) electrons. The molecule has 0 bridgehead atoms. The second-order valence-electron chi connectivity index (χ2n) is 25.9. The Bertz CT molecular complexity index is 5100. The number of likely N-dealkylation sites (N-methyl/N-ethyl adjacent to an activating group) is 1. The molecule has 2 amide bonds. The molecule has 0 atom stereocenters. The fourth-order valence-corrected chi connectivity index (χ4v) is 13.7. The van der Waals surface area contributed by atoms with E-state index in [2.05, 4.69) is 24.7 Å². The van der Waals surface area contributed by atoms with Crippen LogP contribution < -0.4 is 69.8 Å². The van der Waals surface area contributed by atoms with Crippen molar-refractivity contribution in [2.24, 2.45) is 11.8 Å². The molecule has 0 unspecified atom stereocenters. The lowest BCUT2D eigenvalue weighted by molar-refractivity contribution is -0.256. The molecule has 2 N–H and O–H groups in total. The lowest BCUT2D eigenvalue weighted by atomic mass is 9.90. The highest BCUT2D eigenvalue weighted by molar-refractivity contribution is 6.09. The highest BCUT2D eigenvalue weighted by Crippen LogP contribution is 2.45. The van der Waals surface area contributed by atoms with E-state index in [1.165, 1.54) is 32.3 Å². The number of carboxylic acids is 2. The molecular weight excluding hydrogens is 1320 g/mol. The minimum atomic E-state index is -1.29. The Hall–Kier alpha value is -12.2. The molecule has 0 aromatic heterocycles. The molecule has 4 fully saturated rings. The summed E-state index contributed by atoms with van der Waals surface area (Å²) in [5, 5.41) is 34.3. The van der Waals surface area contributed by atoms with Crippen LogP contribution in [0.4, 0.5) is 34.1 Å². The molecule has 2 aliphatic carbocycles. The van der Waals surface area contributed by atoms with Crippen molar-refractivity contribution >= 4 is 97.7 Å². The second kappa shape index (κ2) is 29.2. The SMILES string of the molecule is CCN(CC(=O)OC)c1ccc(NC(=O)C2C[N+](=c3ccc4c(-c5ccccc5C(=O)[O-])c5ccc(N6CCC6)cc5oc-4c3)C2)cc1OCCOc1cc(NC(=O)C2CN(c3ccc4c(-c5ccccc5C(=O)[O-])c5ccc(=[N+]6CCC6)cc-5oc4c3)C2)ccc1N(CC(=O)OC)CC(=O)OC. The zero-order valence-corrected chi connectivity index (χ0v) is 57.2. The molecule has 4 saturated heterocycles. The van der Waals surface area contributed by atoms with Crippen LogP contribution in [0.15, 0.2) is 167 Å². The number of carboxylic acid groups (broad SMARTS) is 2. The van der Waals surface area contributed by atoms with Crippen molar-refractivity contribution in [3.63, 3.8) is 0 Å². The van der Waals surface area contributed by atoms with E-state index in [-0.39, 0.29) is 61.5 Å². The Balaban J connectivity index is 0.683. The van der Waals surface area contributed by atoms with Gasteiger partial charge < -0.3 is 82.6 Å². The highest BCUT2D eigenvalue weighted by Gasteiger charge is 2.39. The number of rotatable bonds is 24. The smallest absolute Gasteiger partial charge is 0.325 e. The summed E-state index contributed by atoms with van der Waals surface area (Å²) >= 11 is 0. The van der Waals surface area contributed by atoms with Crippen molar-refractivity contribution in [3.8, 4) is 56.4 Å². The minimum Gasteiger partial charge on any atom is -0.545 e. The molecular formula is C79H74N8O16. The van der Waals surface area contributed by atoms with E-state index in [0.29, 0.717) is 112 Å². The molecule has 14 rings (SSSR count). The standard InChI is InChI=1S/C79H74N8O16/c1-5-82(44-71(88)97-2)63-26-16-49(80-76(91)47-40-85(41-47)53-20-24-61-67(38-53)102-65-36-51(83-28-10-29-83)18-22-59(65)74(61)55-12-6-8-14-57(55)78(93)94)34-69(63)100-32-33-101-70-35-50(17-27-64(70)87(45-72(89)98-3)46-73(90)99-4)81-77(92)48-42-86(43-48)54-21-25-62-68(39-54)103-66-37-52(84-30-11-31-84)19-23-60(66)75(62)56-13-7-9-15-58(56)79(95)96/h6-9,12-27,34-39,47-48H,5,10-11,28-33,40-46H2,1-4H3,(H2-2,80,81,91,92,93,94,95,96). The highest BCUT2D eigenvalue weighted by atomic mass is 16.5. The monoisotopic (exact) mass is 1390 g/mol. The zero-order valence-electron chi connectivity index (χ0n) is 57.2. The molecule has 8 aliphatic rings. The first-order valence-electron chi connectivity index (χ1n) is 34.2. The Morgan fingerprint density at radius 2 is 0.971 bits per heavy atom. The van der Waals surface area contributed by atoms with Crippen LogP contribution in [0.3, 0.4) is 0 Å². The second-order valence-corrected chi connectivity index (χ2v) is 25.9. The number of nitrogens with one attached hydrogen (secondary N) is 2. The fraction of sp³-hybridized carbons (Fsp3) is 0.278. The van der Waals surface area contributed by atoms with E-state index in [9.17, 15) is 43.8 Å². The molecule has 103 heavy (non-hydrogen) atoms. The number of fused-ring (bicyclic) bond motifs is 4. The van der Waals surface area contributed by atoms with Crippen LogP contribution in [-0.4, -0.2) is 155 Å². The molecule has 526 valence electrons. The van der Waals surface area contributed by atoms with Crippen LogP contribution in [0.2, 0.25) is 0 Å². The third-order valence-electron chi connectivity index (χ3n) is 19.6. The number of hydrogen-bond acceptors (Lipinski definition) is 20. The quantitative estimate of drug-likeness (QED) is 0.0213. The van der Waals surface area contributed by atoms with E-state index in [1.54, 1.807) is 83.8 Å². The molecule has 6 heterocycles. The number of amides is 2. The number of carbonyl (C=O) groups is 7. The molecule has 6 aromatic rings. The van der Waals surface area contributed by atoms with Crippen LogP contribution in [-0.2, 0) is 38.2 Å². The van der Waals surface area contributed by atoms with Gasteiger partial charge >= 0.3 is 17.9 Å². The van der Waals surface area contributed by atoms with Crippen molar-refractivity contribution < 1.29 is 76.3 Å². The topological polar surface area (TPSA) is 281 Å². The summed E-state index contributed by atoms with van der Waals surface area (Å²) in [6.07, 6.45) is 2.18. The summed E-state index contributed by atoms with van der Waals surface area (Å²) in [6, 6.07) is 47.0. The van der Waals surface area contributed by atoms with E-state index in [4.69, 9.17) is 32.5 Å². The van der Waals surface area contributed by atoms with Gasteiger partial charge in [-0.05, 0) is 85.1 Å². The van der Waals surface area contributed by atoms with Crippen LogP contribution in [0.1, 0.15) is 40.5 Å². The van der Waals surface area contributed by atoms with E-state index in [0.717, 1.165) is 77.6 Å². The third-order valence-corrected chi connectivity index (χ3v) is 19.6. The zero-order chi connectivity index (χ0) is 71.6. The molecule has 0 spiro atoms. The largest absolute Gasteiger partial charge is 0.545 e. The summed E-state index contributed by atoms with van der Waals surface area (Å²) in [5.41, 5.74) is 8.57. The normalized spacial score (nSPS) is 14.8. The Morgan fingerprint density at radius 3 is 1.43 bits per heavy atom. The molecule has 0 saturated carbocycles. The van der Waals surface area contributed by atoms with E-state index < -0.39 is 41.7 Å². The van der Waals surface area contributed by atoms with E-state index in [1.807, 2.05) is 84.6 Å². The van der Waals surface area contributed by atoms with Gasteiger partial charge in [0.15, 0.2) is 19.0 Å². The van der Waals surface area contributed by atoms with Crippen molar-refractivity contribution in [2.75, 3.05) is 143 Å². The number of aromatic carboxylic acids is 2. The Morgan fingerprint density at radius 1 is 0.505 bits per heavy atom. The first-order chi connectivity index (χ1) is 50.0. The van der Waals surface area contributed by atoms with Gasteiger partial charge in [0.2, 0.25) is 22.5 Å². The number of nitrogens with zero attached hydrogens (tertiary/aromatic N) is 6. The predicted molar refractivity (Wildman–Crippen MR) is 383 cm³/mol. The summed E-state index contributed by atoms with van der Waals surface area (Å²) < 4.78 is 45.6. The van der Waals surface area contributed by atoms with Gasteiger partial charge in [-0.25, -0.2) is 9.15 Å². The fourth-order valence-electron chi connectivity index (χ4n) is 13.7. The van der Waals surface area contributed by atoms with Gasteiger partial charge in [-0.2, -0.15) is 0 Å². The maximum Gasteiger partial charge on any atom is 0.325 e. The summed E-state index contributed by atoms with van der Waals surface area (Å²) in [6.45, 7) is 6.34. The maximum atomic E-state index is 14.2. The van der Waals surface area contributed by atoms with Gasteiger partial charge in [0, 0.05) is 136 Å².